The first-order chi connectivity index (χ1) is 8.72. The molecule has 0 aliphatic carbocycles. The Bertz CT molecular complexity index is 551. The number of nitrogens with two attached hydrogens (primary N) is 1. The molecule has 0 bridgehead atoms. The van der Waals surface area contributed by atoms with Crippen LogP contribution in [0.25, 0.3) is 0 Å². The lowest BCUT2D eigenvalue weighted by molar-refractivity contribution is 0.102. The van der Waals surface area contributed by atoms with Crippen molar-refractivity contribution < 1.29 is 4.79 Å². The number of thiazole rings is 1. The van der Waals surface area contributed by atoms with E-state index in [1.54, 1.807) is 5.38 Å². The van der Waals surface area contributed by atoms with Crippen molar-refractivity contribution >= 4 is 22.9 Å². The van der Waals surface area contributed by atoms with Crippen molar-refractivity contribution in [3.63, 3.8) is 0 Å². The molecule has 0 aliphatic heterocycles. The molecule has 3 N–H and O–H groups in total. The van der Waals surface area contributed by atoms with Gasteiger partial charge in [-0.3, -0.25) is 4.79 Å². The van der Waals surface area contributed by atoms with Gasteiger partial charge in [-0.2, -0.15) is 0 Å². The standard InChI is InChI=1S/C13H15N3OS/c1-2-9-4-3-5-10(6-9)15-13(17)11-8-18-12(7-14)16-11/h3-6,8H,2,7,14H2,1H3,(H,15,17). The Morgan fingerprint density at radius 3 is 3.00 bits per heavy atom. The molecule has 0 unspecified atom stereocenters. The van der Waals surface area contributed by atoms with Crippen molar-refractivity contribution in [2.45, 2.75) is 19.9 Å². The fourth-order valence-corrected chi connectivity index (χ4v) is 2.23. The first kappa shape index (κ1) is 12.7. The number of nitrogens with zero attached hydrogens (tertiary/aromatic N) is 1. The average molecular weight is 261 g/mol. The molecule has 0 fully saturated rings. The molecule has 0 radical (unpaired) electrons. The number of aryl methyl sites for hydroxylation is 1. The molecule has 5 heteroatoms. The summed E-state index contributed by atoms with van der Waals surface area (Å²) in [5.41, 5.74) is 7.87. The fourth-order valence-electron chi connectivity index (χ4n) is 1.57. The molecule has 0 atom stereocenters. The molecule has 1 aromatic carbocycles. The highest BCUT2D eigenvalue weighted by Gasteiger charge is 2.10. The quantitative estimate of drug-likeness (QED) is 0.888. The minimum Gasteiger partial charge on any atom is -0.325 e. The van der Waals surface area contributed by atoms with Crippen LogP contribution in [0, 0.1) is 0 Å². The maximum atomic E-state index is 11.9. The zero-order valence-electron chi connectivity index (χ0n) is 10.1. The normalized spacial score (nSPS) is 10.3. The largest absolute Gasteiger partial charge is 0.325 e. The van der Waals surface area contributed by atoms with Gasteiger partial charge >= 0.3 is 0 Å². The second kappa shape index (κ2) is 5.75. The van der Waals surface area contributed by atoms with Crippen molar-refractivity contribution in [2.24, 2.45) is 5.73 Å². The van der Waals surface area contributed by atoms with Crippen molar-refractivity contribution in [1.82, 2.24) is 4.98 Å². The topological polar surface area (TPSA) is 68.0 Å². The minimum absolute atomic E-state index is 0.195. The molecule has 1 heterocycles. The Hall–Kier alpha value is -1.72. The van der Waals surface area contributed by atoms with E-state index in [0.717, 1.165) is 17.1 Å². The van der Waals surface area contributed by atoms with Crippen molar-refractivity contribution in [2.75, 3.05) is 5.32 Å². The zero-order valence-corrected chi connectivity index (χ0v) is 11.0. The van der Waals surface area contributed by atoms with E-state index in [-0.39, 0.29) is 5.91 Å². The van der Waals surface area contributed by atoms with Gasteiger partial charge in [0.2, 0.25) is 0 Å². The molecule has 1 amide bonds. The highest BCUT2D eigenvalue weighted by atomic mass is 32.1. The summed E-state index contributed by atoms with van der Waals surface area (Å²) in [4.78, 5) is 16.1. The molecule has 94 valence electrons. The van der Waals surface area contributed by atoms with Crippen molar-refractivity contribution in [3.05, 3.63) is 45.9 Å². The van der Waals surface area contributed by atoms with Crippen LogP contribution in [0.5, 0.6) is 0 Å². The molecule has 0 spiro atoms. The Kier molecular flexibility index (Phi) is 4.07. The van der Waals surface area contributed by atoms with Gasteiger partial charge in [0.25, 0.3) is 5.91 Å². The van der Waals surface area contributed by atoms with Crippen LogP contribution in [0.2, 0.25) is 0 Å². The summed E-state index contributed by atoms with van der Waals surface area (Å²) in [6, 6.07) is 7.80. The summed E-state index contributed by atoms with van der Waals surface area (Å²) in [6.45, 7) is 2.44. The van der Waals surface area contributed by atoms with E-state index in [1.165, 1.54) is 16.9 Å². The van der Waals surface area contributed by atoms with E-state index >= 15 is 0 Å². The maximum absolute atomic E-state index is 11.9. The number of nitrogens with one attached hydrogen (secondary N) is 1. The summed E-state index contributed by atoms with van der Waals surface area (Å²) < 4.78 is 0. The Balaban J connectivity index is 2.10. The van der Waals surface area contributed by atoms with Gasteiger partial charge < -0.3 is 11.1 Å². The molecular formula is C13H15N3OS. The molecule has 0 saturated heterocycles. The molecule has 0 aliphatic rings. The summed E-state index contributed by atoms with van der Waals surface area (Å²) in [5, 5.41) is 5.32. The lowest BCUT2D eigenvalue weighted by Crippen LogP contribution is -2.12. The van der Waals surface area contributed by atoms with Gasteiger partial charge in [0.05, 0.1) is 0 Å². The highest BCUT2D eigenvalue weighted by Crippen LogP contribution is 2.14. The van der Waals surface area contributed by atoms with Crippen LogP contribution < -0.4 is 11.1 Å². The number of aromatic nitrogens is 1. The Morgan fingerprint density at radius 2 is 2.33 bits per heavy atom. The van der Waals surface area contributed by atoms with E-state index in [9.17, 15) is 4.79 Å². The van der Waals surface area contributed by atoms with Gasteiger partial charge in [-0.15, -0.1) is 11.3 Å². The van der Waals surface area contributed by atoms with Crippen LogP contribution in [-0.2, 0) is 13.0 Å². The lowest BCUT2D eigenvalue weighted by atomic mass is 10.1. The van der Waals surface area contributed by atoms with Gasteiger partial charge in [-0.05, 0) is 24.1 Å². The number of carbonyl (C=O) groups is 1. The summed E-state index contributed by atoms with van der Waals surface area (Å²) in [7, 11) is 0. The smallest absolute Gasteiger partial charge is 0.275 e. The number of rotatable bonds is 4. The Morgan fingerprint density at radius 1 is 1.50 bits per heavy atom. The van der Waals surface area contributed by atoms with E-state index in [1.807, 2.05) is 24.3 Å². The van der Waals surface area contributed by atoms with Crippen molar-refractivity contribution in [3.8, 4) is 0 Å². The van der Waals surface area contributed by atoms with Crippen LogP contribution in [-0.4, -0.2) is 10.9 Å². The SMILES string of the molecule is CCc1cccc(NC(=O)c2csc(CN)n2)c1. The summed E-state index contributed by atoms with van der Waals surface area (Å²) in [5.74, 6) is -0.195. The van der Waals surface area contributed by atoms with Crippen LogP contribution in [0.1, 0.15) is 28.0 Å². The van der Waals surface area contributed by atoms with Crippen LogP contribution in [0.15, 0.2) is 29.6 Å². The first-order valence-electron chi connectivity index (χ1n) is 5.77. The van der Waals surface area contributed by atoms with Gasteiger partial charge in [0.1, 0.15) is 10.7 Å². The number of benzene rings is 1. The molecule has 4 nitrogen and oxygen atoms in total. The third-order valence-corrected chi connectivity index (χ3v) is 3.42. The fraction of sp³-hybridized carbons (Fsp3) is 0.231. The molecule has 18 heavy (non-hydrogen) atoms. The highest BCUT2D eigenvalue weighted by molar-refractivity contribution is 7.09. The number of hydrogen-bond acceptors (Lipinski definition) is 4. The number of amides is 1. The van der Waals surface area contributed by atoms with E-state index in [2.05, 4.69) is 17.2 Å². The number of hydrogen-bond donors (Lipinski definition) is 2. The summed E-state index contributed by atoms with van der Waals surface area (Å²) >= 11 is 1.40. The van der Waals surface area contributed by atoms with Gasteiger partial charge in [0, 0.05) is 17.6 Å². The van der Waals surface area contributed by atoms with Gasteiger partial charge in [-0.25, -0.2) is 4.98 Å². The molecule has 2 rings (SSSR count). The van der Waals surface area contributed by atoms with E-state index in [0.29, 0.717) is 12.2 Å². The first-order valence-corrected chi connectivity index (χ1v) is 6.65. The van der Waals surface area contributed by atoms with Gasteiger partial charge in [-0.1, -0.05) is 19.1 Å². The second-order valence-electron chi connectivity index (χ2n) is 3.84. The second-order valence-corrected chi connectivity index (χ2v) is 4.78. The predicted octanol–water partition coefficient (Wildman–Crippen LogP) is 2.42. The third kappa shape index (κ3) is 2.94. The van der Waals surface area contributed by atoms with Crippen LogP contribution in [0.4, 0.5) is 5.69 Å². The number of anilines is 1. The van der Waals surface area contributed by atoms with Crippen LogP contribution >= 0.6 is 11.3 Å². The molecular weight excluding hydrogens is 246 g/mol. The van der Waals surface area contributed by atoms with Gasteiger partial charge in [0.15, 0.2) is 0 Å². The molecule has 2 aromatic rings. The predicted molar refractivity (Wildman–Crippen MR) is 73.8 cm³/mol. The monoisotopic (exact) mass is 261 g/mol. The zero-order chi connectivity index (χ0) is 13.0. The lowest BCUT2D eigenvalue weighted by Gasteiger charge is -2.04. The maximum Gasteiger partial charge on any atom is 0.275 e. The Labute approximate surface area is 110 Å². The third-order valence-electron chi connectivity index (χ3n) is 2.55. The molecule has 0 saturated carbocycles. The molecule has 1 aromatic heterocycles. The average Bonchev–Trinajstić information content (AvgIpc) is 2.88. The minimum atomic E-state index is -0.195. The van der Waals surface area contributed by atoms with Crippen molar-refractivity contribution in [1.29, 1.82) is 0 Å². The number of carbonyl (C=O) groups excluding carboxylic acids is 1. The summed E-state index contributed by atoms with van der Waals surface area (Å²) in [6.07, 6.45) is 0.942. The van der Waals surface area contributed by atoms with E-state index in [4.69, 9.17) is 5.73 Å². The van der Waals surface area contributed by atoms with E-state index < -0.39 is 0 Å². The van der Waals surface area contributed by atoms with Crippen LogP contribution in [0.3, 0.4) is 0 Å².